The lowest BCUT2D eigenvalue weighted by molar-refractivity contribution is -0.123. The van der Waals surface area contributed by atoms with E-state index in [1.54, 1.807) is 51.5 Å². The lowest BCUT2D eigenvalue weighted by Crippen LogP contribution is -2.34. The maximum Gasteiger partial charge on any atom is 0.259 e. The molecule has 2 amide bonds. The first-order valence-electron chi connectivity index (χ1n) is 8.08. The summed E-state index contributed by atoms with van der Waals surface area (Å²) >= 11 is 0. The van der Waals surface area contributed by atoms with Gasteiger partial charge in [0.15, 0.2) is 11.5 Å². The van der Waals surface area contributed by atoms with Gasteiger partial charge in [-0.2, -0.15) is 5.10 Å². The van der Waals surface area contributed by atoms with Crippen molar-refractivity contribution in [1.29, 1.82) is 0 Å². The standard InChI is InChI=1S/C19H21N3O5/c1-13(14-6-8-16(25-2)17(11-14)26-3)21-22-19(24)12-20-18(23)9-7-15-5-4-10-27-15/h4-11H,12H2,1-3H3,(H,20,23)(H,22,24)/b9-7-,21-13-. The third-order valence-corrected chi connectivity index (χ3v) is 3.51. The predicted octanol–water partition coefficient (Wildman–Crippen LogP) is 1.97. The number of methoxy groups -OCH3 is 2. The molecule has 1 aromatic carbocycles. The van der Waals surface area contributed by atoms with Gasteiger partial charge in [-0.1, -0.05) is 0 Å². The highest BCUT2D eigenvalue weighted by atomic mass is 16.5. The number of nitrogens with one attached hydrogen (secondary N) is 2. The Morgan fingerprint density at radius 1 is 1.19 bits per heavy atom. The van der Waals surface area contributed by atoms with E-state index in [4.69, 9.17) is 13.9 Å². The van der Waals surface area contributed by atoms with Crippen LogP contribution in [0.15, 0.2) is 52.2 Å². The SMILES string of the molecule is COc1ccc(/C(C)=N\NC(=O)CNC(=O)/C=C\c2ccco2)cc1OC. The number of amides is 2. The summed E-state index contributed by atoms with van der Waals surface area (Å²) in [4.78, 5) is 23.5. The summed E-state index contributed by atoms with van der Waals surface area (Å²) in [7, 11) is 3.09. The van der Waals surface area contributed by atoms with Crippen LogP contribution in [0, 0.1) is 0 Å². The fourth-order valence-corrected chi connectivity index (χ4v) is 2.08. The van der Waals surface area contributed by atoms with E-state index in [1.165, 1.54) is 18.4 Å². The highest BCUT2D eigenvalue weighted by Crippen LogP contribution is 2.27. The van der Waals surface area contributed by atoms with E-state index < -0.39 is 11.8 Å². The van der Waals surface area contributed by atoms with Crippen LogP contribution in [0.3, 0.4) is 0 Å². The number of nitrogens with zero attached hydrogens (tertiary/aromatic N) is 1. The van der Waals surface area contributed by atoms with Gasteiger partial charge in [0.25, 0.3) is 5.91 Å². The topological polar surface area (TPSA) is 102 Å². The second kappa shape index (κ2) is 9.81. The van der Waals surface area contributed by atoms with E-state index in [2.05, 4.69) is 15.8 Å². The molecule has 0 aliphatic heterocycles. The Labute approximate surface area is 156 Å². The van der Waals surface area contributed by atoms with Crippen molar-refractivity contribution >= 4 is 23.6 Å². The maximum atomic E-state index is 11.8. The highest BCUT2D eigenvalue weighted by molar-refractivity contribution is 6.00. The lowest BCUT2D eigenvalue weighted by Gasteiger charge is -2.09. The van der Waals surface area contributed by atoms with Gasteiger partial charge in [-0.05, 0) is 43.3 Å². The Morgan fingerprint density at radius 3 is 2.63 bits per heavy atom. The van der Waals surface area contributed by atoms with Gasteiger partial charge in [-0.25, -0.2) is 5.43 Å². The molecule has 142 valence electrons. The summed E-state index contributed by atoms with van der Waals surface area (Å²) in [5, 5.41) is 6.48. The molecule has 8 heteroatoms. The predicted molar refractivity (Wildman–Crippen MR) is 101 cm³/mol. The summed E-state index contributed by atoms with van der Waals surface area (Å²) in [5.74, 6) is 0.844. The van der Waals surface area contributed by atoms with Crippen molar-refractivity contribution in [1.82, 2.24) is 10.7 Å². The molecule has 0 saturated heterocycles. The molecule has 0 saturated carbocycles. The summed E-state index contributed by atoms with van der Waals surface area (Å²) < 4.78 is 15.5. The minimum Gasteiger partial charge on any atom is -0.493 e. The van der Waals surface area contributed by atoms with Gasteiger partial charge in [0.05, 0.1) is 32.7 Å². The molecule has 0 aliphatic rings. The Morgan fingerprint density at radius 2 is 1.96 bits per heavy atom. The molecule has 0 unspecified atom stereocenters. The van der Waals surface area contributed by atoms with Crippen molar-refractivity contribution in [2.45, 2.75) is 6.92 Å². The quantitative estimate of drug-likeness (QED) is 0.420. The fourth-order valence-electron chi connectivity index (χ4n) is 2.08. The summed E-state index contributed by atoms with van der Waals surface area (Å²) in [5.41, 5.74) is 3.73. The number of carbonyl (C=O) groups excluding carboxylic acids is 2. The zero-order chi connectivity index (χ0) is 19.6. The number of hydrogen-bond acceptors (Lipinski definition) is 6. The number of furan rings is 1. The Kier molecular flexibility index (Phi) is 7.18. The fraction of sp³-hybridized carbons (Fsp3) is 0.211. The van der Waals surface area contributed by atoms with Crippen molar-refractivity contribution in [3.05, 3.63) is 54.0 Å². The summed E-state index contributed by atoms with van der Waals surface area (Å²) in [6.07, 6.45) is 4.29. The highest BCUT2D eigenvalue weighted by Gasteiger charge is 2.07. The van der Waals surface area contributed by atoms with Gasteiger partial charge >= 0.3 is 0 Å². The van der Waals surface area contributed by atoms with E-state index in [-0.39, 0.29) is 6.54 Å². The van der Waals surface area contributed by atoms with Gasteiger partial charge in [0.2, 0.25) is 5.91 Å². The third-order valence-electron chi connectivity index (χ3n) is 3.51. The molecule has 0 spiro atoms. The van der Waals surface area contributed by atoms with E-state index in [0.29, 0.717) is 23.0 Å². The molecule has 2 aromatic rings. The number of hydrazone groups is 1. The normalized spacial score (nSPS) is 11.3. The zero-order valence-electron chi connectivity index (χ0n) is 15.3. The molecule has 0 radical (unpaired) electrons. The number of benzene rings is 1. The van der Waals surface area contributed by atoms with Crippen molar-refractivity contribution in [2.75, 3.05) is 20.8 Å². The van der Waals surface area contributed by atoms with E-state index >= 15 is 0 Å². The lowest BCUT2D eigenvalue weighted by atomic mass is 10.1. The van der Waals surface area contributed by atoms with E-state index in [1.807, 2.05) is 0 Å². The Hall–Kier alpha value is -3.55. The molecular weight excluding hydrogens is 350 g/mol. The van der Waals surface area contributed by atoms with Crippen LogP contribution in [0.2, 0.25) is 0 Å². The number of rotatable bonds is 8. The van der Waals surface area contributed by atoms with Crippen LogP contribution in [0.4, 0.5) is 0 Å². The van der Waals surface area contributed by atoms with Crippen molar-refractivity contribution in [3.63, 3.8) is 0 Å². The van der Waals surface area contributed by atoms with Gasteiger partial charge in [-0.3, -0.25) is 9.59 Å². The Balaban J connectivity index is 1.85. The first-order valence-corrected chi connectivity index (χ1v) is 8.08. The summed E-state index contributed by atoms with van der Waals surface area (Å²) in [6.45, 7) is 1.54. The number of hydrogen-bond donors (Lipinski definition) is 2. The molecule has 0 atom stereocenters. The smallest absolute Gasteiger partial charge is 0.259 e. The van der Waals surface area contributed by atoms with E-state index in [9.17, 15) is 9.59 Å². The first-order chi connectivity index (χ1) is 13.0. The van der Waals surface area contributed by atoms with Crippen LogP contribution in [-0.2, 0) is 9.59 Å². The van der Waals surface area contributed by atoms with Crippen LogP contribution < -0.4 is 20.2 Å². The van der Waals surface area contributed by atoms with Crippen LogP contribution in [-0.4, -0.2) is 38.3 Å². The molecule has 27 heavy (non-hydrogen) atoms. The van der Waals surface area contributed by atoms with E-state index in [0.717, 1.165) is 5.56 Å². The molecule has 2 N–H and O–H groups in total. The van der Waals surface area contributed by atoms with Gasteiger partial charge in [0, 0.05) is 11.6 Å². The average Bonchev–Trinajstić information content (AvgIpc) is 3.21. The van der Waals surface area contributed by atoms with Gasteiger partial charge in [0.1, 0.15) is 5.76 Å². The molecule has 1 heterocycles. The monoisotopic (exact) mass is 371 g/mol. The Bertz CT molecular complexity index is 841. The van der Waals surface area contributed by atoms with Crippen LogP contribution in [0.5, 0.6) is 11.5 Å². The summed E-state index contributed by atoms with van der Waals surface area (Å²) in [6, 6.07) is 8.73. The molecule has 0 fully saturated rings. The molecule has 0 aliphatic carbocycles. The van der Waals surface area contributed by atoms with Crippen molar-refractivity contribution in [2.24, 2.45) is 5.10 Å². The second-order valence-electron chi connectivity index (χ2n) is 5.37. The first kappa shape index (κ1) is 19.8. The van der Waals surface area contributed by atoms with Gasteiger partial charge in [-0.15, -0.1) is 0 Å². The van der Waals surface area contributed by atoms with Crippen molar-refractivity contribution in [3.8, 4) is 11.5 Å². The maximum absolute atomic E-state index is 11.8. The average molecular weight is 371 g/mol. The number of ether oxygens (including phenoxy) is 2. The number of carbonyl (C=O) groups is 2. The zero-order valence-corrected chi connectivity index (χ0v) is 15.3. The van der Waals surface area contributed by atoms with Crippen molar-refractivity contribution < 1.29 is 23.5 Å². The minimum atomic E-state index is -0.449. The van der Waals surface area contributed by atoms with Crippen LogP contribution in [0.1, 0.15) is 18.2 Å². The second-order valence-corrected chi connectivity index (χ2v) is 5.37. The molecule has 2 rings (SSSR count). The molecular formula is C19H21N3O5. The molecule has 8 nitrogen and oxygen atoms in total. The third kappa shape index (κ3) is 6.03. The van der Waals surface area contributed by atoms with Crippen LogP contribution in [0.25, 0.3) is 6.08 Å². The molecule has 0 bridgehead atoms. The van der Waals surface area contributed by atoms with Gasteiger partial charge < -0.3 is 19.2 Å². The molecule has 1 aromatic heterocycles. The largest absolute Gasteiger partial charge is 0.493 e. The van der Waals surface area contributed by atoms with Crippen LogP contribution >= 0.6 is 0 Å². The minimum absolute atomic E-state index is 0.204.